The number of aliphatic hydroxyl groups is 1. The Morgan fingerprint density at radius 3 is 2.58 bits per heavy atom. The van der Waals surface area contributed by atoms with Crippen LogP contribution in [0.5, 0.6) is 0 Å². The number of allylic oxidation sites excluding steroid dienone is 1. The van der Waals surface area contributed by atoms with E-state index in [-0.39, 0.29) is 30.9 Å². The van der Waals surface area contributed by atoms with E-state index in [9.17, 15) is 19.5 Å². The lowest BCUT2D eigenvalue weighted by atomic mass is 9.66. The summed E-state index contributed by atoms with van der Waals surface area (Å²) < 4.78 is 12.3. The van der Waals surface area contributed by atoms with Gasteiger partial charge in [-0.1, -0.05) is 52.2 Å². The summed E-state index contributed by atoms with van der Waals surface area (Å²) in [4.78, 5) is 45.5. The molecule has 2 bridgehead atoms. The van der Waals surface area contributed by atoms with Crippen molar-refractivity contribution in [1.82, 2.24) is 9.80 Å². The molecule has 2 amide bonds. The zero-order valence-electron chi connectivity index (χ0n) is 23.8. The first-order valence-corrected chi connectivity index (χ1v) is 14.5. The summed E-state index contributed by atoms with van der Waals surface area (Å²) in [5.41, 5.74) is -2.00. The molecular weight excluding hydrogens is 484 g/mol. The maximum Gasteiger partial charge on any atom is 0.312 e. The molecule has 0 aromatic carbocycles. The Morgan fingerprint density at radius 2 is 1.97 bits per heavy atom. The van der Waals surface area contributed by atoms with E-state index >= 15 is 0 Å². The van der Waals surface area contributed by atoms with Gasteiger partial charge in [-0.2, -0.15) is 0 Å². The number of aliphatic hydroxyl groups excluding tert-OH is 1. The Kier molecular flexibility index (Phi) is 10.2. The SMILES string of the molecule is C=CCCCOC(=O)[C@@H]1[C@H]2C(=O)N([C@@H](CO)[C@@H](C)CC)C(C(=O)N(CC=C)CCCCC)C23CC[C@@]1(C)O3. The molecule has 3 saturated heterocycles. The van der Waals surface area contributed by atoms with E-state index in [1.807, 2.05) is 20.8 Å². The molecule has 1 spiro atoms. The van der Waals surface area contributed by atoms with Crippen molar-refractivity contribution in [3.05, 3.63) is 25.3 Å². The minimum Gasteiger partial charge on any atom is -0.465 e. The van der Waals surface area contributed by atoms with Crippen molar-refractivity contribution in [2.45, 2.75) is 102 Å². The quantitative estimate of drug-likeness (QED) is 0.184. The molecule has 1 N–H and O–H groups in total. The highest BCUT2D eigenvalue weighted by atomic mass is 16.6. The van der Waals surface area contributed by atoms with E-state index in [1.165, 1.54) is 0 Å². The molecule has 8 heteroatoms. The molecule has 0 aliphatic carbocycles. The zero-order valence-corrected chi connectivity index (χ0v) is 23.8. The summed E-state index contributed by atoms with van der Waals surface area (Å²) in [6.07, 6.45) is 9.52. The Labute approximate surface area is 228 Å². The Balaban J connectivity index is 2.04. The number of fused-ring (bicyclic) bond motifs is 1. The molecule has 0 aromatic heterocycles. The van der Waals surface area contributed by atoms with Crippen molar-refractivity contribution in [2.24, 2.45) is 17.8 Å². The van der Waals surface area contributed by atoms with Gasteiger partial charge in [0, 0.05) is 13.1 Å². The fourth-order valence-corrected chi connectivity index (χ4v) is 6.84. The lowest BCUT2D eigenvalue weighted by Gasteiger charge is -2.41. The van der Waals surface area contributed by atoms with Gasteiger partial charge in [0.2, 0.25) is 11.8 Å². The number of carbonyl (C=O) groups excluding carboxylic acids is 3. The van der Waals surface area contributed by atoms with Crippen LogP contribution >= 0.6 is 0 Å². The van der Waals surface area contributed by atoms with E-state index in [0.29, 0.717) is 32.4 Å². The van der Waals surface area contributed by atoms with Crippen LogP contribution in [0.25, 0.3) is 0 Å². The summed E-state index contributed by atoms with van der Waals surface area (Å²) in [5, 5.41) is 10.5. The lowest BCUT2D eigenvalue weighted by Crippen LogP contribution is -2.60. The van der Waals surface area contributed by atoms with Crippen LogP contribution in [0.1, 0.15) is 79.1 Å². The molecule has 0 saturated carbocycles. The predicted molar refractivity (Wildman–Crippen MR) is 146 cm³/mol. The van der Waals surface area contributed by atoms with Gasteiger partial charge in [0.05, 0.1) is 30.8 Å². The number of hydrogen-bond acceptors (Lipinski definition) is 6. The summed E-state index contributed by atoms with van der Waals surface area (Å²) in [7, 11) is 0. The third-order valence-electron chi connectivity index (χ3n) is 9.04. The molecule has 0 radical (unpaired) electrons. The molecule has 7 atom stereocenters. The van der Waals surface area contributed by atoms with Crippen LogP contribution in [0.15, 0.2) is 25.3 Å². The third-order valence-corrected chi connectivity index (χ3v) is 9.04. The molecule has 3 rings (SSSR count). The number of nitrogens with zero attached hydrogens (tertiary/aromatic N) is 2. The van der Waals surface area contributed by atoms with Crippen LogP contribution in [0, 0.1) is 17.8 Å². The van der Waals surface area contributed by atoms with Crippen molar-refractivity contribution in [2.75, 3.05) is 26.3 Å². The highest BCUT2D eigenvalue weighted by Gasteiger charge is 2.79. The Bertz CT molecular complexity index is 892. The highest BCUT2D eigenvalue weighted by molar-refractivity contribution is 5.98. The van der Waals surface area contributed by atoms with Gasteiger partial charge in [-0.3, -0.25) is 14.4 Å². The second-order valence-electron chi connectivity index (χ2n) is 11.5. The molecule has 3 fully saturated rings. The van der Waals surface area contributed by atoms with Gasteiger partial charge >= 0.3 is 5.97 Å². The first-order chi connectivity index (χ1) is 18.2. The molecule has 3 aliphatic rings. The number of hydrogen-bond donors (Lipinski definition) is 1. The van der Waals surface area contributed by atoms with E-state index in [4.69, 9.17) is 9.47 Å². The van der Waals surface area contributed by atoms with Crippen LogP contribution in [-0.4, -0.2) is 82.3 Å². The highest BCUT2D eigenvalue weighted by Crippen LogP contribution is 2.64. The lowest BCUT2D eigenvalue weighted by molar-refractivity contribution is -0.162. The number of amides is 2. The van der Waals surface area contributed by atoms with Crippen molar-refractivity contribution in [3.8, 4) is 0 Å². The minimum atomic E-state index is -1.13. The van der Waals surface area contributed by atoms with Crippen LogP contribution in [-0.2, 0) is 23.9 Å². The number of ether oxygens (including phenoxy) is 2. The number of rotatable bonds is 16. The number of unbranched alkanes of at least 4 members (excludes halogenated alkanes) is 3. The summed E-state index contributed by atoms with van der Waals surface area (Å²) >= 11 is 0. The van der Waals surface area contributed by atoms with Crippen LogP contribution < -0.4 is 0 Å². The Morgan fingerprint density at radius 1 is 1.24 bits per heavy atom. The molecular formula is C30H48N2O6. The standard InChI is InChI=1S/C30H48N2O6/c1-7-11-13-18-31(17-9-3)27(35)25-30-16-15-29(6,38-30)24(28(36)37-19-14-12-8-2)23(30)26(34)32(25)22(20-33)21(5)10-4/h8-9,21-25,33H,2-3,7,10-20H2,1,4-6H3/t21-,22-,23-,24-,25?,29+,30?/m0/s1. The van der Waals surface area contributed by atoms with Gasteiger partial charge in [0.1, 0.15) is 17.6 Å². The van der Waals surface area contributed by atoms with E-state index in [0.717, 1.165) is 32.1 Å². The first-order valence-electron chi connectivity index (χ1n) is 14.5. The van der Waals surface area contributed by atoms with Crippen molar-refractivity contribution >= 4 is 17.8 Å². The molecule has 214 valence electrons. The number of esters is 1. The smallest absolute Gasteiger partial charge is 0.312 e. The van der Waals surface area contributed by atoms with Gasteiger partial charge in [-0.05, 0) is 44.9 Å². The van der Waals surface area contributed by atoms with Crippen molar-refractivity contribution in [3.63, 3.8) is 0 Å². The van der Waals surface area contributed by atoms with Gasteiger partial charge in [0.15, 0.2) is 0 Å². The van der Waals surface area contributed by atoms with Crippen LogP contribution in [0.4, 0.5) is 0 Å². The molecule has 38 heavy (non-hydrogen) atoms. The maximum absolute atomic E-state index is 14.4. The second kappa shape index (κ2) is 12.8. The van der Waals surface area contributed by atoms with Crippen molar-refractivity contribution in [1.29, 1.82) is 0 Å². The minimum absolute atomic E-state index is 0.0421. The number of likely N-dealkylation sites (tertiary alicyclic amines) is 1. The average molecular weight is 533 g/mol. The van der Waals surface area contributed by atoms with E-state index in [2.05, 4.69) is 20.1 Å². The fourth-order valence-electron chi connectivity index (χ4n) is 6.84. The van der Waals surface area contributed by atoms with E-state index in [1.54, 1.807) is 22.0 Å². The van der Waals surface area contributed by atoms with Gasteiger partial charge in [-0.25, -0.2) is 0 Å². The summed E-state index contributed by atoms with van der Waals surface area (Å²) in [6.45, 7) is 16.4. The molecule has 0 aromatic rings. The van der Waals surface area contributed by atoms with E-state index < -0.39 is 41.1 Å². The molecule has 8 nitrogen and oxygen atoms in total. The molecule has 3 heterocycles. The predicted octanol–water partition coefficient (Wildman–Crippen LogP) is 3.87. The Hall–Kier alpha value is -2.19. The number of carbonyl (C=O) groups is 3. The summed E-state index contributed by atoms with van der Waals surface area (Å²) in [5.74, 6) is -2.58. The molecule has 2 unspecified atom stereocenters. The van der Waals surface area contributed by atoms with Crippen LogP contribution in [0.2, 0.25) is 0 Å². The zero-order chi connectivity index (χ0) is 28.1. The average Bonchev–Trinajstić information content (AvgIpc) is 3.47. The maximum atomic E-state index is 14.4. The first kappa shape index (κ1) is 30.4. The van der Waals surface area contributed by atoms with Crippen molar-refractivity contribution < 1.29 is 29.0 Å². The fraction of sp³-hybridized carbons (Fsp3) is 0.767. The van der Waals surface area contributed by atoms with Gasteiger partial charge in [0.25, 0.3) is 0 Å². The largest absolute Gasteiger partial charge is 0.465 e. The second-order valence-corrected chi connectivity index (χ2v) is 11.5. The van der Waals surface area contributed by atoms with Gasteiger partial charge < -0.3 is 24.4 Å². The third kappa shape index (κ3) is 5.31. The molecule has 3 aliphatic heterocycles. The van der Waals surface area contributed by atoms with Gasteiger partial charge in [-0.15, -0.1) is 13.2 Å². The normalized spacial score (nSPS) is 31.1. The topological polar surface area (TPSA) is 96.4 Å². The van der Waals surface area contributed by atoms with Crippen LogP contribution in [0.3, 0.4) is 0 Å². The monoisotopic (exact) mass is 532 g/mol. The summed E-state index contributed by atoms with van der Waals surface area (Å²) in [6, 6.07) is -1.46.